The summed E-state index contributed by atoms with van der Waals surface area (Å²) in [6.07, 6.45) is 6.09. The molecule has 0 aliphatic carbocycles. The molecule has 1 aromatic carbocycles. The summed E-state index contributed by atoms with van der Waals surface area (Å²) < 4.78 is 19.6. The Bertz CT molecular complexity index is 699. The zero-order valence-corrected chi connectivity index (χ0v) is 19.5. The standard InChI is InChI=1S/C24H40FN5O/c1-4-26-23(27-18-20(2)31-22-11-7-6-10-21(22)25)28-19-24(12-16-29(3)17-13-24)30-14-8-5-9-15-30/h6-7,10-11,20H,4-5,8-9,12-19H2,1-3H3,(H2,26,27,28). The molecule has 7 heteroatoms. The van der Waals surface area contributed by atoms with Crippen LogP contribution < -0.4 is 15.4 Å². The van der Waals surface area contributed by atoms with Crippen molar-refractivity contribution in [3.05, 3.63) is 30.1 Å². The highest BCUT2D eigenvalue weighted by atomic mass is 19.1. The van der Waals surface area contributed by atoms with Crippen molar-refractivity contribution in [2.45, 2.75) is 57.6 Å². The zero-order valence-electron chi connectivity index (χ0n) is 19.5. The molecule has 0 radical (unpaired) electrons. The van der Waals surface area contributed by atoms with Gasteiger partial charge in [-0.25, -0.2) is 4.39 Å². The molecule has 1 aromatic rings. The topological polar surface area (TPSA) is 52.1 Å². The van der Waals surface area contributed by atoms with Gasteiger partial charge in [0, 0.05) is 12.1 Å². The molecule has 1 unspecified atom stereocenters. The lowest BCUT2D eigenvalue weighted by Gasteiger charge is -2.49. The van der Waals surface area contributed by atoms with Gasteiger partial charge in [0.2, 0.25) is 0 Å². The summed E-state index contributed by atoms with van der Waals surface area (Å²) in [7, 11) is 2.21. The lowest BCUT2D eigenvalue weighted by molar-refractivity contribution is 0.0208. The minimum absolute atomic E-state index is 0.157. The second-order valence-corrected chi connectivity index (χ2v) is 9.01. The zero-order chi connectivity index (χ0) is 22.1. The molecule has 0 saturated carbocycles. The van der Waals surface area contributed by atoms with Gasteiger partial charge < -0.3 is 20.3 Å². The number of aliphatic imine (C=N–C) groups is 1. The molecule has 2 fully saturated rings. The summed E-state index contributed by atoms with van der Waals surface area (Å²) in [5.41, 5.74) is 0.157. The van der Waals surface area contributed by atoms with Gasteiger partial charge in [0.15, 0.2) is 17.5 Å². The maximum Gasteiger partial charge on any atom is 0.191 e. The van der Waals surface area contributed by atoms with Crippen molar-refractivity contribution in [1.82, 2.24) is 20.4 Å². The van der Waals surface area contributed by atoms with Crippen molar-refractivity contribution in [3.8, 4) is 5.75 Å². The summed E-state index contributed by atoms with van der Waals surface area (Å²) in [6, 6.07) is 6.53. The molecule has 0 aromatic heterocycles. The van der Waals surface area contributed by atoms with Gasteiger partial charge in [-0.3, -0.25) is 9.89 Å². The van der Waals surface area contributed by atoms with Gasteiger partial charge in [0.25, 0.3) is 0 Å². The van der Waals surface area contributed by atoms with Crippen molar-refractivity contribution in [2.24, 2.45) is 4.99 Å². The molecule has 31 heavy (non-hydrogen) atoms. The number of hydrogen-bond donors (Lipinski definition) is 2. The highest BCUT2D eigenvalue weighted by Gasteiger charge is 2.39. The lowest BCUT2D eigenvalue weighted by Crippen LogP contribution is -2.58. The van der Waals surface area contributed by atoms with Crippen LogP contribution >= 0.6 is 0 Å². The van der Waals surface area contributed by atoms with Crippen LogP contribution in [0, 0.1) is 5.82 Å². The van der Waals surface area contributed by atoms with E-state index in [4.69, 9.17) is 9.73 Å². The van der Waals surface area contributed by atoms with Crippen molar-refractivity contribution < 1.29 is 9.13 Å². The maximum absolute atomic E-state index is 13.9. The average Bonchev–Trinajstić information content (AvgIpc) is 2.79. The van der Waals surface area contributed by atoms with Crippen LogP contribution in [0.15, 0.2) is 29.3 Å². The second-order valence-electron chi connectivity index (χ2n) is 9.01. The molecule has 0 amide bonds. The summed E-state index contributed by atoms with van der Waals surface area (Å²) in [6.45, 7) is 10.8. The molecular weight excluding hydrogens is 393 g/mol. The quantitative estimate of drug-likeness (QED) is 0.487. The van der Waals surface area contributed by atoms with E-state index in [0.717, 1.165) is 32.1 Å². The number of guanidine groups is 1. The first-order valence-corrected chi connectivity index (χ1v) is 11.9. The second kappa shape index (κ2) is 11.7. The van der Waals surface area contributed by atoms with Gasteiger partial charge in [-0.2, -0.15) is 0 Å². The predicted octanol–water partition coefficient (Wildman–Crippen LogP) is 3.10. The van der Waals surface area contributed by atoms with Crippen LogP contribution in [-0.2, 0) is 0 Å². The van der Waals surface area contributed by atoms with Crippen LogP contribution in [0.1, 0.15) is 46.0 Å². The Morgan fingerprint density at radius 2 is 1.84 bits per heavy atom. The third-order valence-corrected chi connectivity index (χ3v) is 6.54. The van der Waals surface area contributed by atoms with Crippen molar-refractivity contribution in [1.29, 1.82) is 0 Å². The molecule has 3 rings (SSSR count). The average molecular weight is 434 g/mol. The number of nitrogens with zero attached hydrogens (tertiary/aromatic N) is 3. The third kappa shape index (κ3) is 6.81. The van der Waals surface area contributed by atoms with E-state index in [2.05, 4.69) is 34.4 Å². The van der Waals surface area contributed by atoms with E-state index >= 15 is 0 Å². The Kier molecular flexibility index (Phi) is 8.96. The largest absolute Gasteiger partial charge is 0.486 e. The summed E-state index contributed by atoms with van der Waals surface area (Å²) in [4.78, 5) is 10.1. The molecule has 2 heterocycles. The normalized spacial score (nSPS) is 21.5. The Morgan fingerprint density at radius 1 is 1.13 bits per heavy atom. The van der Waals surface area contributed by atoms with Crippen LogP contribution in [0.5, 0.6) is 5.75 Å². The molecule has 2 aliphatic rings. The number of nitrogens with one attached hydrogen (secondary N) is 2. The minimum Gasteiger partial charge on any atom is -0.486 e. The van der Waals surface area contributed by atoms with Crippen LogP contribution in [0.25, 0.3) is 0 Å². The first-order valence-electron chi connectivity index (χ1n) is 11.9. The van der Waals surface area contributed by atoms with Crippen LogP contribution in [-0.4, -0.2) is 80.3 Å². The molecule has 2 N–H and O–H groups in total. The fraction of sp³-hybridized carbons (Fsp3) is 0.708. The van der Waals surface area contributed by atoms with Crippen molar-refractivity contribution in [2.75, 3.05) is 52.9 Å². The van der Waals surface area contributed by atoms with E-state index in [-0.39, 0.29) is 23.2 Å². The smallest absolute Gasteiger partial charge is 0.191 e. The fourth-order valence-electron chi connectivity index (χ4n) is 4.58. The Hall–Kier alpha value is -1.86. The number of hydrogen-bond acceptors (Lipinski definition) is 4. The first kappa shape index (κ1) is 23.8. The molecule has 2 saturated heterocycles. The molecule has 174 valence electrons. The molecular formula is C24H40FN5O. The van der Waals surface area contributed by atoms with Crippen LogP contribution in [0.2, 0.25) is 0 Å². The number of halogens is 1. The summed E-state index contributed by atoms with van der Waals surface area (Å²) in [5.74, 6) is 0.761. The monoisotopic (exact) mass is 433 g/mol. The first-order chi connectivity index (χ1) is 15.0. The van der Waals surface area contributed by atoms with Crippen molar-refractivity contribution >= 4 is 5.96 Å². The summed E-state index contributed by atoms with van der Waals surface area (Å²) in [5, 5.41) is 6.75. The molecule has 1 atom stereocenters. The molecule has 2 aliphatic heterocycles. The molecule has 6 nitrogen and oxygen atoms in total. The minimum atomic E-state index is -0.333. The third-order valence-electron chi connectivity index (χ3n) is 6.54. The van der Waals surface area contributed by atoms with Gasteiger partial charge in [-0.15, -0.1) is 0 Å². The van der Waals surface area contributed by atoms with E-state index in [9.17, 15) is 4.39 Å². The SMILES string of the molecule is CCNC(=NCC1(N2CCCCC2)CCN(C)CC1)NCC(C)Oc1ccccc1F. The number of ether oxygens (including phenoxy) is 1. The number of benzene rings is 1. The highest BCUT2D eigenvalue weighted by Crippen LogP contribution is 2.31. The van der Waals surface area contributed by atoms with Gasteiger partial charge in [0.05, 0.1) is 13.1 Å². The highest BCUT2D eigenvalue weighted by molar-refractivity contribution is 5.79. The van der Waals surface area contributed by atoms with Gasteiger partial charge in [-0.05, 0) is 84.9 Å². The molecule has 0 bridgehead atoms. The predicted molar refractivity (Wildman–Crippen MR) is 125 cm³/mol. The Labute approximate surface area is 187 Å². The van der Waals surface area contributed by atoms with Crippen LogP contribution in [0.4, 0.5) is 4.39 Å². The van der Waals surface area contributed by atoms with E-state index in [1.165, 1.54) is 51.3 Å². The lowest BCUT2D eigenvalue weighted by atomic mass is 9.84. The van der Waals surface area contributed by atoms with E-state index < -0.39 is 0 Å². The maximum atomic E-state index is 13.9. The fourth-order valence-corrected chi connectivity index (χ4v) is 4.58. The van der Waals surface area contributed by atoms with Gasteiger partial charge in [0.1, 0.15) is 6.10 Å². The Balaban J connectivity index is 1.61. The van der Waals surface area contributed by atoms with E-state index in [0.29, 0.717) is 6.54 Å². The van der Waals surface area contributed by atoms with E-state index in [1.807, 2.05) is 6.92 Å². The number of piperidine rings is 2. The number of para-hydroxylation sites is 1. The number of rotatable bonds is 8. The van der Waals surface area contributed by atoms with E-state index in [1.54, 1.807) is 18.2 Å². The number of likely N-dealkylation sites (tertiary alicyclic amines) is 2. The Morgan fingerprint density at radius 3 is 2.52 bits per heavy atom. The van der Waals surface area contributed by atoms with Gasteiger partial charge in [-0.1, -0.05) is 18.6 Å². The van der Waals surface area contributed by atoms with Crippen molar-refractivity contribution in [3.63, 3.8) is 0 Å². The van der Waals surface area contributed by atoms with Gasteiger partial charge >= 0.3 is 0 Å². The van der Waals surface area contributed by atoms with Crippen LogP contribution in [0.3, 0.4) is 0 Å². The summed E-state index contributed by atoms with van der Waals surface area (Å²) >= 11 is 0. The molecule has 0 spiro atoms.